The molecule has 0 saturated carbocycles. The molecule has 1 fully saturated rings. The summed E-state index contributed by atoms with van der Waals surface area (Å²) in [6.45, 7) is 1.80. The van der Waals surface area contributed by atoms with Crippen LogP contribution in [0.2, 0.25) is 0 Å². The van der Waals surface area contributed by atoms with E-state index in [2.05, 4.69) is 33.9 Å². The van der Waals surface area contributed by atoms with Gasteiger partial charge in [-0.2, -0.15) is 0 Å². The molecule has 168 valence electrons. The van der Waals surface area contributed by atoms with Crippen LogP contribution in [0.3, 0.4) is 0 Å². The molecule has 33 heavy (non-hydrogen) atoms. The first-order chi connectivity index (χ1) is 16.0. The lowest BCUT2D eigenvalue weighted by atomic mass is 9.99. The number of fused-ring (bicyclic) bond motifs is 1. The van der Waals surface area contributed by atoms with Crippen LogP contribution in [0.25, 0.3) is 10.8 Å². The number of benzene rings is 3. The highest BCUT2D eigenvalue weighted by molar-refractivity contribution is 7.92. The van der Waals surface area contributed by atoms with E-state index in [1.807, 2.05) is 30.3 Å². The van der Waals surface area contributed by atoms with E-state index >= 15 is 0 Å². The predicted octanol–water partition coefficient (Wildman–Crippen LogP) is 5.04. The Kier molecular flexibility index (Phi) is 5.64. The summed E-state index contributed by atoms with van der Waals surface area (Å²) in [5, 5.41) is 1.75. The van der Waals surface area contributed by atoms with Crippen molar-refractivity contribution in [1.82, 2.24) is 4.98 Å². The van der Waals surface area contributed by atoms with Crippen molar-refractivity contribution >= 4 is 32.3 Å². The van der Waals surface area contributed by atoms with Crippen molar-refractivity contribution in [3.63, 3.8) is 0 Å². The summed E-state index contributed by atoms with van der Waals surface area (Å²) in [5.41, 5.74) is 1.80. The van der Waals surface area contributed by atoms with Gasteiger partial charge < -0.3 is 9.64 Å². The Labute approximate surface area is 193 Å². The van der Waals surface area contributed by atoms with Gasteiger partial charge in [0.25, 0.3) is 10.0 Å². The summed E-state index contributed by atoms with van der Waals surface area (Å²) in [4.78, 5) is 7.16. The number of hydrogen-bond acceptors (Lipinski definition) is 5. The van der Waals surface area contributed by atoms with Gasteiger partial charge >= 0.3 is 0 Å². The summed E-state index contributed by atoms with van der Waals surface area (Å²) in [7, 11) is -2.22. The van der Waals surface area contributed by atoms with E-state index in [-0.39, 0.29) is 4.90 Å². The molecule has 5 rings (SSSR count). The number of aromatic nitrogens is 1. The summed E-state index contributed by atoms with van der Waals surface area (Å²) in [6.07, 6.45) is 2.68. The number of methoxy groups -OCH3 is 1. The molecule has 1 atom stereocenters. The molecular weight excluding hydrogens is 434 g/mol. The van der Waals surface area contributed by atoms with E-state index in [1.165, 1.54) is 17.7 Å². The molecule has 6 nitrogen and oxygen atoms in total. The highest BCUT2D eigenvalue weighted by Gasteiger charge is 2.26. The first-order valence-corrected chi connectivity index (χ1v) is 12.4. The number of sulfonamides is 1. The van der Waals surface area contributed by atoms with Crippen molar-refractivity contribution in [3.05, 3.63) is 90.6 Å². The second kappa shape index (κ2) is 8.75. The maximum Gasteiger partial charge on any atom is 0.261 e. The van der Waals surface area contributed by atoms with Gasteiger partial charge in [0.05, 0.1) is 23.9 Å². The molecule has 1 N–H and O–H groups in total. The minimum atomic E-state index is -3.77. The van der Waals surface area contributed by atoms with Crippen LogP contribution in [0.5, 0.6) is 5.75 Å². The van der Waals surface area contributed by atoms with Gasteiger partial charge in [0.2, 0.25) is 0 Å². The van der Waals surface area contributed by atoms with Gasteiger partial charge in [0.15, 0.2) is 0 Å². The van der Waals surface area contributed by atoms with Gasteiger partial charge in [-0.05, 0) is 36.2 Å². The zero-order valence-corrected chi connectivity index (χ0v) is 19.1. The standard InChI is InChI=1S/C26H25N3O3S/c1-32-21-11-13-22(14-12-21)33(30,31)28-25-17-27-26(24-10-6-5-9-23(24)25)29-16-15-20(18-29)19-7-3-2-4-8-19/h2-14,17,20,28H,15-16,18H2,1H3/t20-/m1/s1. The van der Waals surface area contributed by atoms with Crippen LogP contribution in [-0.4, -0.2) is 33.6 Å². The van der Waals surface area contributed by atoms with E-state index in [0.29, 0.717) is 17.4 Å². The van der Waals surface area contributed by atoms with Crippen LogP contribution < -0.4 is 14.4 Å². The molecule has 1 aliphatic heterocycles. The van der Waals surface area contributed by atoms with Crippen molar-refractivity contribution in [3.8, 4) is 5.75 Å². The molecule has 1 saturated heterocycles. The largest absolute Gasteiger partial charge is 0.497 e. The lowest BCUT2D eigenvalue weighted by Gasteiger charge is -2.21. The van der Waals surface area contributed by atoms with Gasteiger partial charge in [-0.25, -0.2) is 13.4 Å². The predicted molar refractivity (Wildman–Crippen MR) is 132 cm³/mol. The Morgan fingerprint density at radius 3 is 2.36 bits per heavy atom. The zero-order valence-electron chi connectivity index (χ0n) is 18.3. The Balaban J connectivity index is 1.45. The number of rotatable bonds is 6. The molecule has 0 radical (unpaired) electrons. The molecule has 0 amide bonds. The van der Waals surface area contributed by atoms with Gasteiger partial charge in [-0.1, -0.05) is 54.6 Å². The van der Waals surface area contributed by atoms with Crippen LogP contribution >= 0.6 is 0 Å². The normalized spacial score (nSPS) is 16.2. The highest BCUT2D eigenvalue weighted by Crippen LogP contribution is 2.36. The molecule has 1 aliphatic rings. The third-order valence-electron chi connectivity index (χ3n) is 6.15. The Hall–Kier alpha value is -3.58. The average molecular weight is 460 g/mol. The summed E-state index contributed by atoms with van der Waals surface area (Å²) in [5.74, 6) is 1.95. The molecular formula is C26H25N3O3S. The molecule has 0 unspecified atom stereocenters. The Bertz CT molecular complexity index is 1370. The molecule has 3 aromatic carbocycles. The number of nitrogens with one attached hydrogen (secondary N) is 1. The smallest absolute Gasteiger partial charge is 0.261 e. The highest BCUT2D eigenvalue weighted by atomic mass is 32.2. The Morgan fingerprint density at radius 1 is 0.939 bits per heavy atom. The van der Waals surface area contributed by atoms with Crippen LogP contribution in [-0.2, 0) is 10.0 Å². The van der Waals surface area contributed by atoms with E-state index in [9.17, 15) is 8.42 Å². The molecule has 4 aromatic rings. The van der Waals surface area contributed by atoms with Crippen molar-refractivity contribution < 1.29 is 13.2 Å². The topological polar surface area (TPSA) is 71.5 Å². The Morgan fingerprint density at radius 2 is 1.64 bits per heavy atom. The van der Waals surface area contributed by atoms with Gasteiger partial charge in [0, 0.05) is 29.8 Å². The van der Waals surface area contributed by atoms with E-state index in [4.69, 9.17) is 9.72 Å². The third-order valence-corrected chi connectivity index (χ3v) is 7.53. The maximum absolute atomic E-state index is 13.0. The fourth-order valence-electron chi connectivity index (χ4n) is 4.42. The first-order valence-electron chi connectivity index (χ1n) is 10.9. The van der Waals surface area contributed by atoms with E-state index in [0.717, 1.165) is 36.1 Å². The quantitative estimate of drug-likeness (QED) is 0.437. The lowest BCUT2D eigenvalue weighted by Crippen LogP contribution is -2.21. The summed E-state index contributed by atoms with van der Waals surface area (Å²) in [6, 6.07) is 24.7. The van der Waals surface area contributed by atoms with E-state index < -0.39 is 10.0 Å². The SMILES string of the molecule is COc1ccc(S(=O)(=O)Nc2cnc(N3CC[C@@H](c4ccccc4)C3)c3ccccc23)cc1. The molecule has 7 heteroatoms. The molecule has 0 bridgehead atoms. The van der Waals surface area contributed by atoms with Gasteiger partial charge in [-0.3, -0.25) is 4.72 Å². The minimum absolute atomic E-state index is 0.168. The number of pyridine rings is 1. The molecule has 1 aromatic heterocycles. The summed E-state index contributed by atoms with van der Waals surface area (Å²) >= 11 is 0. The fraction of sp³-hybridized carbons (Fsp3) is 0.192. The second-order valence-corrected chi connectivity index (χ2v) is 9.85. The zero-order chi connectivity index (χ0) is 22.8. The molecule has 2 heterocycles. The maximum atomic E-state index is 13.0. The van der Waals surface area contributed by atoms with Gasteiger partial charge in [0.1, 0.15) is 11.6 Å². The number of ether oxygens (including phenoxy) is 1. The summed E-state index contributed by atoms with van der Waals surface area (Å²) < 4.78 is 33.8. The van der Waals surface area contributed by atoms with Crippen molar-refractivity contribution in [2.45, 2.75) is 17.2 Å². The van der Waals surface area contributed by atoms with E-state index in [1.54, 1.807) is 25.4 Å². The lowest BCUT2D eigenvalue weighted by molar-refractivity contribution is 0.414. The fourth-order valence-corrected chi connectivity index (χ4v) is 5.48. The second-order valence-electron chi connectivity index (χ2n) is 8.16. The van der Waals surface area contributed by atoms with Crippen molar-refractivity contribution in [2.24, 2.45) is 0 Å². The average Bonchev–Trinajstić information content (AvgIpc) is 3.35. The first kappa shape index (κ1) is 21.3. The van der Waals surface area contributed by atoms with Crippen LogP contribution in [0.1, 0.15) is 17.9 Å². The van der Waals surface area contributed by atoms with Gasteiger partial charge in [-0.15, -0.1) is 0 Å². The van der Waals surface area contributed by atoms with Crippen LogP contribution in [0.15, 0.2) is 90.0 Å². The van der Waals surface area contributed by atoms with Crippen LogP contribution in [0.4, 0.5) is 11.5 Å². The van der Waals surface area contributed by atoms with Crippen molar-refractivity contribution in [2.75, 3.05) is 29.8 Å². The number of anilines is 2. The number of hydrogen-bond donors (Lipinski definition) is 1. The minimum Gasteiger partial charge on any atom is -0.497 e. The third kappa shape index (κ3) is 4.24. The van der Waals surface area contributed by atoms with Crippen molar-refractivity contribution in [1.29, 1.82) is 0 Å². The van der Waals surface area contributed by atoms with Crippen LogP contribution in [0, 0.1) is 0 Å². The number of nitrogens with zero attached hydrogens (tertiary/aromatic N) is 2. The molecule has 0 spiro atoms. The monoisotopic (exact) mass is 459 g/mol. The molecule has 0 aliphatic carbocycles.